The highest BCUT2D eigenvalue weighted by molar-refractivity contribution is 6.31. The van der Waals surface area contributed by atoms with Crippen LogP contribution in [0, 0.1) is 5.92 Å². The second-order valence-corrected chi connectivity index (χ2v) is 6.53. The Morgan fingerprint density at radius 1 is 1.11 bits per heavy atom. The van der Waals surface area contributed by atoms with Crippen molar-refractivity contribution >= 4 is 40.8 Å². The van der Waals surface area contributed by atoms with Gasteiger partial charge in [0, 0.05) is 22.5 Å². The van der Waals surface area contributed by atoms with Crippen molar-refractivity contribution in [3.8, 4) is 11.5 Å². The van der Waals surface area contributed by atoms with Gasteiger partial charge in [0.1, 0.15) is 0 Å². The van der Waals surface area contributed by atoms with E-state index in [0.717, 1.165) is 4.90 Å². The third kappa shape index (κ3) is 3.14. The van der Waals surface area contributed by atoms with Gasteiger partial charge in [0.25, 0.3) is 5.91 Å². The van der Waals surface area contributed by atoms with Crippen molar-refractivity contribution in [2.24, 2.45) is 5.92 Å². The molecule has 2 N–H and O–H groups in total. The zero-order chi connectivity index (χ0) is 19.8. The summed E-state index contributed by atoms with van der Waals surface area (Å²) in [5, 5.41) is 5.56. The fraction of sp³-hybridized carbons (Fsp3) is 0.105. The largest absolute Gasteiger partial charge is 0.454 e. The number of hydrogen-bond acceptors (Lipinski definition) is 6. The van der Waals surface area contributed by atoms with E-state index in [4.69, 9.17) is 21.1 Å². The van der Waals surface area contributed by atoms with E-state index in [1.807, 2.05) is 0 Å². The summed E-state index contributed by atoms with van der Waals surface area (Å²) in [7, 11) is 0. The number of barbiturate groups is 1. The Balaban J connectivity index is 1.57. The van der Waals surface area contributed by atoms with Gasteiger partial charge in [0.05, 0.1) is 5.69 Å². The van der Waals surface area contributed by atoms with E-state index in [0.29, 0.717) is 27.9 Å². The second-order valence-electron chi connectivity index (χ2n) is 6.10. The number of imide groups is 2. The predicted molar refractivity (Wildman–Crippen MR) is 101 cm³/mol. The highest BCUT2D eigenvalue weighted by Crippen LogP contribution is 2.35. The van der Waals surface area contributed by atoms with Crippen molar-refractivity contribution in [1.29, 1.82) is 0 Å². The first kappa shape index (κ1) is 17.9. The molecule has 0 aliphatic carbocycles. The summed E-state index contributed by atoms with van der Waals surface area (Å²) in [5.41, 5.74) is 0.970. The molecule has 2 heterocycles. The maximum Gasteiger partial charge on any atom is 0.335 e. The summed E-state index contributed by atoms with van der Waals surface area (Å²) >= 11 is 5.85. The topological polar surface area (TPSA) is 97.0 Å². The Bertz CT molecular complexity index is 1010. The number of carbonyl (C=O) groups is 3. The molecule has 1 saturated heterocycles. The Labute approximate surface area is 164 Å². The molecule has 2 aromatic carbocycles. The van der Waals surface area contributed by atoms with Gasteiger partial charge in [-0.2, -0.15) is 0 Å². The van der Waals surface area contributed by atoms with E-state index in [-0.39, 0.29) is 12.5 Å². The fourth-order valence-corrected chi connectivity index (χ4v) is 3.07. The van der Waals surface area contributed by atoms with Crippen molar-refractivity contribution < 1.29 is 23.9 Å². The number of amides is 4. The predicted octanol–water partition coefficient (Wildman–Crippen LogP) is 2.89. The molecular formula is C19H14ClN3O5. The van der Waals surface area contributed by atoms with Crippen LogP contribution in [-0.2, 0) is 9.59 Å². The van der Waals surface area contributed by atoms with E-state index in [1.54, 1.807) is 30.3 Å². The first-order chi connectivity index (χ1) is 13.4. The van der Waals surface area contributed by atoms with Gasteiger partial charge in [-0.25, -0.2) is 9.69 Å². The molecule has 2 aliphatic rings. The molecule has 0 bridgehead atoms. The van der Waals surface area contributed by atoms with Gasteiger partial charge in [-0.1, -0.05) is 18.2 Å². The maximum absolute atomic E-state index is 12.9. The van der Waals surface area contributed by atoms with Crippen molar-refractivity contribution in [3.05, 3.63) is 59.8 Å². The van der Waals surface area contributed by atoms with Crippen LogP contribution in [-0.4, -0.2) is 24.6 Å². The molecule has 8 nitrogen and oxygen atoms in total. The molecule has 0 saturated carbocycles. The van der Waals surface area contributed by atoms with Gasteiger partial charge in [-0.15, -0.1) is 0 Å². The lowest BCUT2D eigenvalue weighted by Crippen LogP contribution is -2.59. The molecule has 4 rings (SSSR count). The van der Waals surface area contributed by atoms with E-state index in [2.05, 4.69) is 17.2 Å². The number of nitrogens with zero attached hydrogens (tertiary/aromatic N) is 1. The molecule has 2 aliphatic heterocycles. The number of hydrogen-bond donors (Lipinski definition) is 2. The van der Waals surface area contributed by atoms with Crippen LogP contribution in [0.5, 0.6) is 11.5 Å². The summed E-state index contributed by atoms with van der Waals surface area (Å²) < 4.78 is 10.6. The van der Waals surface area contributed by atoms with Gasteiger partial charge in [0.15, 0.2) is 17.4 Å². The first-order valence-electron chi connectivity index (χ1n) is 8.24. The van der Waals surface area contributed by atoms with E-state index >= 15 is 0 Å². The zero-order valence-corrected chi connectivity index (χ0v) is 15.2. The molecule has 28 heavy (non-hydrogen) atoms. The lowest BCUT2D eigenvalue weighted by Gasteiger charge is -2.31. The lowest BCUT2D eigenvalue weighted by molar-refractivity contribution is -0.132. The van der Waals surface area contributed by atoms with Crippen LogP contribution in [0.25, 0.3) is 0 Å². The standard InChI is InChI=1S/C19H14ClN3O5/c1-10(21-12-4-7-14-15(8-12)28-9-27-14)16-17(24)22-19(26)23(18(16)25)13-5-2-11(20)3-6-13/h2-8,16,21H,1,9H2,(H,22,24,26)/t16-/m1/s1. The molecule has 0 aromatic heterocycles. The molecule has 142 valence electrons. The summed E-state index contributed by atoms with van der Waals surface area (Å²) in [4.78, 5) is 38.3. The molecule has 2 aromatic rings. The highest BCUT2D eigenvalue weighted by Gasteiger charge is 2.43. The van der Waals surface area contributed by atoms with Crippen molar-refractivity contribution in [2.75, 3.05) is 17.0 Å². The van der Waals surface area contributed by atoms with Crippen LogP contribution in [0.15, 0.2) is 54.7 Å². The molecule has 0 unspecified atom stereocenters. The van der Waals surface area contributed by atoms with Crippen LogP contribution in [0.2, 0.25) is 5.02 Å². The van der Waals surface area contributed by atoms with Crippen LogP contribution in [0.3, 0.4) is 0 Å². The van der Waals surface area contributed by atoms with Crippen molar-refractivity contribution in [3.63, 3.8) is 0 Å². The normalized spacial score (nSPS) is 18.1. The number of urea groups is 1. The molecule has 0 radical (unpaired) electrons. The minimum absolute atomic E-state index is 0.118. The zero-order valence-electron chi connectivity index (χ0n) is 14.4. The number of anilines is 2. The number of ether oxygens (including phenoxy) is 2. The van der Waals surface area contributed by atoms with E-state index in [9.17, 15) is 14.4 Å². The van der Waals surface area contributed by atoms with Crippen LogP contribution < -0.4 is 25.0 Å². The Morgan fingerprint density at radius 2 is 1.82 bits per heavy atom. The van der Waals surface area contributed by atoms with Gasteiger partial charge >= 0.3 is 6.03 Å². The number of rotatable bonds is 4. The average molecular weight is 400 g/mol. The fourth-order valence-electron chi connectivity index (χ4n) is 2.95. The Hall–Kier alpha value is -3.52. The summed E-state index contributed by atoms with van der Waals surface area (Å²) in [6.45, 7) is 3.94. The second kappa shape index (κ2) is 6.90. The Kier molecular flexibility index (Phi) is 4.40. The lowest BCUT2D eigenvalue weighted by atomic mass is 10.0. The van der Waals surface area contributed by atoms with E-state index in [1.165, 1.54) is 12.1 Å². The molecule has 1 atom stereocenters. The number of benzene rings is 2. The number of carbonyl (C=O) groups excluding carboxylic acids is 3. The van der Waals surface area contributed by atoms with Crippen LogP contribution in [0.4, 0.5) is 16.2 Å². The highest BCUT2D eigenvalue weighted by atomic mass is 35.5. The number of fused-ring (bicyclic) bond motifs is 1. The monoisotopic (exact) mass is 399 g/mol. The van der Waals surface area contributed by atoms with Gasteiger partial charge in [-0.3, -0.25) is 14.9 Å². The van der Waals surface area contributed by atoms with Crippen molar-refractivity contribution in [2.45, 2.75) is 0 Å². The van der Waals surface area contributed by atoms with Gasteiger partial charge in [0.2, 0.25) is 12.7 Å². The van der Waals surface area contributed by atoms with Crippen molar-refractivity contribution in [1.82, 2.24) is 5.32 Å². The van der Waals surface area contributed by atoms with Gasteiger partial charge in [-0.05, 0) is 36.4 Å². The summed E-state index contributed by atoms with van der Waals surface area (Å²) in [5.74, 6) is -1.62. The summed E-state index contributed by atoms with van der Waals surface area (Å²) in [6, 6.07) is 10.4. The third-order valence-electron chi connectivity index (χ3n) is 4.27. The third-order valence-corrected chi connectivity index (χ3v) is 4.53. The molecule has 4 amide bonds. The molecular weight excluding hydrogens is 386 g/mol. The first-order valence-corrected chi connectivity index (χ1v) is 8.61. The minimum atomic E-state index is -1.29. The van der Waals surface area contributed by atoms with Gasteiger partial charge < -0.3 is 14.8 Å². The number of halogens is 1. The van der Waals surface area contributed by atoms with Crippen LogP contribution >= 0.6 is 11.6 Å². The SMILES string of the molecule is C=C(Nc1ccc2c(c1)OCO2)[C@@H]1C(=O)NC(=O)N(c2ccc(Cl)cc2)C1=O. The Morgan fingerprint density at radius 3 is 2.57 bits per heavy atom. The quantitative estimate of drug-likeness (QED) is 0.767. The van der Waals surface area contributed by atoms with E-state index < -0.39 is 23.8 Å². The minimum Gasteiger partial charge on any atom is -0.454 e. The molecule has 1 fully saturated rings. The summed E-state index contributed by atoms with van der Waals surface area (Å²) in [6.07, 6.45) is 0. The molecule has 9 heteroatoms. The van der Waals surface area contributed by atoms with Crippen LogP contribution in [0.1, 0.15) is 0 Å². The number of nitrogens with one attached hydrogen (secondary N) is 2. The average Bonchev–Trinajstić information content (AvgIpc) is 3.10. The smallest absolute Gasteiger partial charge is 0.335 e. The maximum atomic E-state index is 12.9. The molecule has 0 spiro atoms.